The Morgan fingerprint density at radius 3 is 2.67 bits per heavy atom. The molecule has 0 spiro atoms. The van der Waals surface area contributed by atoms with Crippen molar-refractivity contribution < 1.29 is 0 Å². The van der Waals surface area contributed by atoms with E-state index in [9.17, 15) is 0 Å². The molecule has 0 radical (unpaired) electrons. The summed E-state index contributed by atoms with van der Waals surface area (Å²) in [6.45, 7) is 4.63. The third-order valence-corrected chi connectivity index (χ3v) is 5.87. The van der Waals surface area contributed by atoms with Crippen LogP contribution in [0.3, 0.4) is 0 Å². The Kier molecular flexibility index (Phi) is 6.14. The zero-order valence-electron chi connectivity index (χ0n) is 13.9. The van der Waals surface area contributed by atoms with E-state index in [-0.39, 0.29) is 12.4 Å². The lowest BCUT2D eigenvalue weighted by Gasteiger charge is -2.32. The zero-order valence-corrected chi connectivity index (χ0v) is 16.3. The molecule has 0 amide bonds. The number of likely N-dealkylation sites (tertiary alicyclic amines) is 1. The van der Waals surface area contributed by atoms with Gasteiger partial charge in [-0.25, -0.2) is 0 Å². The van der Waals surface area contributed by atoms with Gasteiger partial charge in [-0.1, -0.05) is 28.1 Å². The highest BCUT2D eigenvalue weighted by Crippen LogP contribution is 2.29. The summed E-state index contributed by atoms with van der Waals surface area (Å²) in [6, 6.07) is 9.25. The van der Waals surface area contributed by atoms with Gasteiger partial charge in [0, 0.05) is 28.6 Å². The topological polar surface area (TPSA) is 28.2 Å². The van der Waals surface area contributed by atoms with Crippen LogP contribution in [0.1, 0.15) is 31.2 Å². The van der Waals surface area contributed by atoms with Crippen molar-refractivity contribution in [2.75, 3.05) is 19.6 Å². The number of halogens is 2. The Morgan fingerprint density at radius 1 is 1.12 bits per heavy atom. The normalized spacial score (nSPS) is 19.4. The third-order valence-electron chi connectivity index (χ3n) is 5.17. The van der Waals surface area contributed by atoms with Gasteiger partial charge in [-0.3, -0.25) is 9.88 Å². The molecule has 0 atom stereocenters. The molecule has 2 fully saturated rings. The van der Waals surface area contributed by atoms with Crippen LogP contribution in [0, 0.1) is 5.92 Å². The van der Waals surface area contributed by atoms with E-state index in [1.54, 1.807) is 0 Å². The van der Waals surface area contributed by atoms with Gasteiger partial charge in [0.05, 0.1) is 5.52 Å². The first-order valence-corrected chi connectivity index (χ1v) is 9.57. The lowest BCUT2D eigenvalue weighted by atomic mass is 10.0. The summed E-state index contributed by atoms with van der Waals surface area (Å²) in [6.07, 6.45) is 7.32. The maximum atomic E-state index is 4.61. The van der Waals surface area contributed by atoms with Crippen molar-refractivity contribution in [3.8, 4) is 0 Å². The zero-order chi connectivity index (χ0) is 15.6. The average Bonchev–Trinajstić information content (AvgIpc) is 3.41. The number of rotatable bonds is 5. The van der Waals surface area contributed by atoms with Crippen LogP contribution in [-0.4, -0.2) is 35.6 Å². The molecule has 1 saturated heterocycles. The molecule has 0 bridgehead atoms. The van der Waals surface area contributed by atoms with Gasteiger partial charge in [0.1, 0.15) is 0 Å². The number of aromatic nitrogens is 1. The van der Waals surface area contributed by atoms with E-state index in [0.29, 0.717) is 0 Å². The smallest absolute Gasteiger partial charge is 0.0758 e. The number of benzene rings is 1. The van der Waals surface area contributed by atoms with Crippen molar-refractivity contribution in [2.24, 2.45) is 5.92 Å². The predicted molar refractivity (Wildman–Crippen MR) is 106 cm³/mol. The van der Waals surface area contributed by atoms with E-state index in [2.05, 4.69) is 49.3 Å². The molecule has 1 saturated carbocycles. The molecule has 1 aromatic heterocycles. The Morgan fingerprint density at radius 2 is 1.92 bits per heavy atom. The first kappa shape index (κ1) is 18.1. The van der Waals surface area contributed by atoms with Gasteiger partial charge < -0.3 is 5.32 Å². The van der Waals surface area contributed by atoms with E-state index >= 15 is 0 Å². The molecule has 1 N–H and O–H groups in total. The SMILES string of the molecule is Brc1ccc(CN2CCC(NCC3CC3)CC2)c2ncccc12.Cl. The number of pyridine rings is 1. The minimum atomic E-state index is 0. The lowest BCUT2D eigenvalue weighted by Crippen LogP contribution is -2.42. The van der Waals surface area contributed by atoms with Gasteiger partial charge in [0.25, 0.3) is 0 Å². The van der Waals surface area contributed by atoms with Gasteiger partial charge in [-0.05, 0) is 68.9 Å². The van der Waals surface area contributed by atoms with Gasteiger partial charge in [0.2, 0.25) is 0 Å². The largest absolute Gasteiger partial charge is 0.314 e. The van der Waals surface area contributed by atoms with Crippen LogP contribution in [0.25, 0.3) is 10.9 Å². The quantitative estimate of drug-likeness (QED) is 0.792. The predicted octanol–water partition coefficient (Wildman–Crippen LogP) is 4.38. The summed E-state index contributed by atoms with van der Waals surface area (Å²) in [5.41, 5.74) is 2.48. The van der Waals surface area contributed by atoms with Gasteiger partial charge in [-0.2, -0.15) is 0 Å². The fourth-order valence-electron chi connectivity index (χ4n) is 3.52. The first-order valence-electron chi connectivity index (χ1n) is 8.77. The molecule has 1 aromatic carbocycles. The highest BCUT2D eigenvalue weighted by atomic mass is 79.9. The molecule has 3 nitrogen and oxygen atoms in total. The second-order valence-corrected chi connectivity index (χ2v) is 7.86. The van der Waals surface area contributed by atoms with Crippen molar-refractivity contribution in [3.05, 3.63) is 40.5 Å². The summed E-state index contributed by atoms with van der Waals surface area (Å²) in [5, 5.41) is 4.97. The molecule has 4 rings (SSSR count). The summed E-state index contributed by atoms with van der Waals surface area (Å²) in [5.74, 6) is 0.980. The van der Waals surface area contributed by atoms with E-state index in [0.717, 1.165) is 28.5 Å². The number of hydrogen-bond acceptors (Lipinski definition) is 3. The van der Waals surface area contributed by atoms with Crippen molar-refractivity contribution in [1.29, 1.82) is 0 Å². The molecule has 2 aliphatic rings. The molecule has 2 heterocycles. The molecular formula is C19H25BrClN3. The molecular weight excluding hydrogens is 386 g/mol. The van der Waals surface area contributed by atoms with Crippen LogP contribution in [0.2, 0.25) is 0 Å². The van der Waals surface area contributed by atoms with Gasteiger partial charge in [0.15, 0.2) is 0 Å². The van der Waals surface area contributed by atoms with E-state index in [1.165, 1.54) is 56.3 Å². The summed E-state index contributed by atoms with van der Waals surface area (Å²) in [4.78, 5) is 7.19. The Labute approximate surface area is 158 Å². The highest BCUT2D eigenvalue weighted by Gasteiger charge is 2.24. The van der Waals surface area contributed by atoms with Crippen molar-refractivity contribution in [2.45, 2.75) is 38.3 Å². The van der Waals surface area contributed by atoms with Crippen LogP contribution >= 0.6 is 28.3 Å². The number of nitrogens with one attached hydrogen (secondary N) is 1. The van der Waals surface area contributed by atoms with Crippen molar-refractivity contribution in [1.82, 2.24) is 15.2 Å². The molecule has 2 aromatic rings. The molecule has 0 unspecified atom stereocenters. The first-order chi connectivity index (χ1) is 11.3. The fraction of sp³-hybridized carbons (Fsp3) is 0.526. The Bertz CT molecular complexity index is 681. The Balaban J connectivity index is 0.00000169. The monoisotopic (exact) mass is 409 g/mol. The maximum Gasteiger partial charge on any atom is 0.0758 e. The number of hydrogen-bond donors (Lipinski definition) is 1. The number of nitrogens with zero attached hydrogens (tertiary/aromatic N) is 2. The minimum Gasteiger partial charge on any atom is -0.314 e. The molecule has 24 heavy (non-hydrogen) atoms. The molecule has 5 heteroatoms. The van der Waals surface area contributed by atoms with Crippen LogP contribution in [0.4, 0.5) is 0 Å². The Hall–Kier alpha value is -0.680. The maximum absolute atomic E-state index is 4.61. The highest BCUT2D eigenvalue weighted by molar-refractivity contribution is 9.10. The van der Waals surface area contributed by atoms with Crippen LogP contribution < -0.4 is 5.32 Å². The second kappa shape index (κ2) is 8.13. The van der Waals surface area contributed by atoms with E-state index in [1.807, 2.05) is 12.3 Å². The summed E-state index contributed by atoms with van der Waals surface area (Å²) in [7, 11) is 0. The molecule has 130 valence electrons. The number of fused-ring (bicyclic) bond motifs is 1. The summed E-state index contributed by atoms with van der Waals surface area (Å²) < 4.78 is 1.13. The summed E-state index contributed by atoms with van der Waals surface area (Å²) >= 11 is 3.64. The van der Waals surface area contributed by atoms with Crippen molar-refractivity contribution in [3.63, 3.8) is 0 Å². The average molecular weight is 411 g/mol. The van der Waals surface area contributed by atoms with E-state index in [4.69, 9.17) is 0 Å². The van der Waals surface area contributed by atoms with Crippen LogP contribution in [0.5, 0.6) is 0 Å². The van der Waals surface area contributed by atoms with Crippen LogP contribution in [-0.2, 0) is 6.54 Å². The third kappa shape index (κ3) is 4.29. The molecule has 1 aliphatic heterocycles. The van der Waals surface area contributed by atoms with E-state index < -0.39 is 0 Å². The minimum absolute atomic E-state index is 0. The standard InChI is InChI=1S/C19H24BrN3.ClH/c20-18-6-5-15(19-17(18)2-1-9-21-19)13-23-10-7-16(8-11-23)22-12-14-3-4-14;/h1-2,5-6,9,14,16,22H,3-4,7-8,10-13H2;1H. The second-order valence-electron chi connectivity index (χ2n) is 7.01. The van der Waals surface area contributed by atoms with Gasteiger partial charge in [-0.15, -0.1) is 12.4 Å². The lowest BCUT2D eigenvalue weighted by molar-refractivity contribution is 0.190. The number of piperidine rings is 1. The fourth-order valence-corrected chi connectivity index (χ4v) is 3.97. The van der Waals surface area contributed by atoms with Crippen molar-refractivity contribution >= 4 is 39.2 Å². The van der Waals surface area contributed by atoms with Crippen LogP contribution in [0.15, 0.2) is 34.9 Å². The van der Waals surface area contributed by atoms with Gasteiger partial charge >= 0.3 is 0 Å². The molecule has 1 aliphatic carbocycles.